The van der Waals surface area contributed by atoms with Crippen LogP contribution in [-0.4, -0.2) is 53.6 Å². The van der Waals surface area contributed by atoms with E-state index in [1.165, 1.54) is 11.0 Å². The monoisotopic (exact) mass is 425 g/mol. The Morgan fingerprint density at radius 2 is 1.87 bits per heavy atom. The van der Waals surface area contributed by atoms with E-state index >= 15 is 0 Å². The lowest BCUT2D eigenvalue weighted by Crippen LogP contribution is -2.37. The highest BCUT2D eigenvalue weighted by atomic mass is 19.1. The molecule has 2 fully saturated rings. The second-order valence-electron chi connectivity index (χ2n) is 8.44. The van der Waals surface area contributed by atoms with Crippen LogP contribution in [0.4, 0.5) is 9.18 Å². The number of hydrogen-bond acceptors (Lipinski definition) is 4. The molecule has 1 atom stereocenters. The third-order valence-corrected chi connectivity index (χ3v) is 5.81. The fourth-order valence-corrected chi connectivity index (χ4v) is 4.06. The van der Waals surface area contributed by atoms with E-state index in [4.69, 9.17) is 4.74 Å². The molecule has 0 spiro atoms. The van der Waals surface area contributed by atoms with Gasteiger partial charge in [0.05, 0.1) is 6.61 Å². The lowest BCUT2D eigenvalue weighted by Gasteiger charge is -2.20. The first-order valence-corrected chi connectivity index (χ1v) is 10.7. The fraction of sp³-hybridized carbons (Fsp3) is 0.417. The molecule has 31 heavy (non-hydrogen) atoms. The van der Waals surface area contributed by atoms with Gasteiger partial charge in [-0.05, 0) is 49.1 Å². The molecule has 1 unspecified atom stereocenters. The van der Waals surface area contributed by atoms with Gasteiger partial charge in [-0.1, -0.05) is 30.3 Å². The van der Waals surface area contributed by atoms with Crippen molar-refractivity contribution in [2.75, 3.05) is 19.8 Å². The molecule has 0 radical (unpaired) electrons. The van der Waals surface area contributed by atoms with Gasteiger partial charge in [0.15, 0.2) is 0 Å². The van der Waals surface area contributed by atoms with E-state index in [1.54, 1.807) is 11.0 Å². The van der Waals surface area contributed by atoms with Crippen molar-refractivity contribution in [3.63, 3.8) is 0 Å². The number of benzene rings is 2. The summed E-state index contributed by atoms with van der Waals surface area (Å²) in [5.74, 6) is -0.382. The van der Waals surface area contributed by atoms with Gasteiger partial charge in [-0.3, -0.25) is 9.69 Å². The maximum absolute atomic E-state index is 14.3. The van der Waals surface area contributed by atoms with Crippen LogP contribution in [0.3, 0.4) is 0 Å². The second kappa shape index (κ2) is 9.16. The summed E-state index contributed by atoms with van der Waals surface area (Å²) >= 11 is 0. The molecule has 0 bridgehead atoms. The predicted octanol–water partition coefficient (Wildman–Crippen LogP) is 3.54. The molecule has 2 saturated heterocycles. The number of rotatable bonds is 7. The van der Waals surface area contributed by atoms with Crippen LogP contribution in [-0.2, 0) is 22.6 Å². The maximum atomic E-state index is 14.3. The molecular weight excluding hydrogens is 397 g/mol. The standard InChI is InChI=1S/C24H28FN3O3/c1-16(2)28-23(29)14-27(24(28)30)13-17-3-5-18(6-4-17)19-7-8-22(25)20(11-19)12-26-21-9-10-31-15-21/h3-8,11,16,21,26H,9-10,12-15H2,1-2H3. The van der Waals surface area contributed by atoms with E-state index in [-0.39, 0.29) is 36.4 Å². The molecule has 1 N–H and O–H groups in total. The van der Waals surface area contributed by atoms with E-state index in [1.807, 2.05) is 44.2 Å². The van der Waals surface area contributed by atoms with Gasteiger partial charge in [-0.2, -0.15) is 0 Å². The molecule has 2 heterocycles. The zero-order valence-corrected chi connectivity index (χ0v) is 17.9. The van der Waals surface area contributed by atoms with Gasteiger partial charge in [0.2, 0.25) is 0 Å². The Hall–Kier alpha value is -2.77. The van der Waals surface area contributed by atoms with Crippen LogP contribution < -0.4 is 5.32 Å². The summed E-state index contributed by atoms with van der Waals surface area (Å²) in [5, 5.41) is 3.35. The lowest BCUT2D eigenvalue weighted by molar-refractivity contribution is -0.126. The van der Waals surface area contributed by atoms with E-state index in [0.29, 0.717) is 25.3 Å². The van der Waals surface area contributed by atoms with Crippen LogP contribution in [0.2, 0.25) is 0 Å². The van der Waals surface area contributed by atoms with E-state index in [9.17, 15) is 14.0 Å². The fourth-order valence-electron chi connectivity index (χ4n) is 4.06. The Labute approximate surface area is 182 Å². The van der Waals surface area contributed by atoms with Crippen molar-refractivity contribution in [1.29, 1.82) is 0 Å². The first kappa shape index (κ1) is 21.5. The van der Waals surface area contributed by atoms with Crippen LogP contribution in [0.1, 0.15) is 31.4 Å². The number of nitrogens with zero attached hydrogens (tertiary/aromatic N) is 2. The highest BCUT2D eigenvalue weighted by molar-refractivity contribution is 6.02. The number of carbonyl (C=O) groups is 2. The highest BCUT2D eigenvalue weighted by Gasteiger charge is 2.37. The summed E-state index contributed by atoms with van der Waals surface area (Å²) in [4.78, 5) is 27.4. The summed E-state index contributed by atoms with van der Waals surface area (Å²) < 4.78 is 19.6. The minimum absolute atomic E-state index is 0.110. The van der Waals surface area contributed by atoms with Crippen molar-refractivity contribution < 1.29 is 18.7 Å². The van der Waals surface area contributed by atoms with Gasteiger partial charge >= 0.3 is 6.03 Å². The third-order valence-electron chi connectivity index (χ3n) is 5.81. The van der Waals surface area contributed by atoms with Gasteiger partial charge in [0, 0.05) is 37.3 Å². The molecule has 0 aliphatic carbocycles. The van der Waals surface area contributed by atoms with Gasteiger partial charge in [0.1, 0.15) is 12.4 Å². The number of hydrogen-bond donors (Lipinski definition) is 1. The Kier molecular flexibility index (Phi) is 6.34. The van der Waals surface area contributed by atoms with E-state index in [0.717, 1.165) is 29.7 Å². The molecule has 2 aromatic rings. The molecular formula is C24H28FN3O3. The number of nitrogens with one attached hydrogen (secondary N) is 1. The quantitative estimate of drug-likeness (QED) is 0.690. The Bertz CT molecular complexity index is 955. The molecule has 0 saturated carbocycles. The molecule has 6 nitrogen and oxygen atoms in total. The number of ether oxygens (including phenoxy) is 1. The van der Waals surface area contributed by atoms with Crippen LogP contribution in [0.5, 0.6) is 0 Å². The van der Waals surface area contributed by atoms with Gasteiger partial charge in [-0.15, -0.1) is 0 Å². The molecule has 3 amide bonds. The van der Waals surface area contributed by atoms with Crippen LogP contribution >= 0.6 is 0 Å². The highest BCUT2D eigenvalue weighted by Crippen LogP contribution is 2.24. The zero-order valence-electron chi connectivity index (χ0n) is 17.9. The van der Waals surface area contributed by atoms with Crippen molar-refractivity contribution in [3.8, 4) is 11.1 Å². The predicted molar refractivity (Wildman–Crippen MR) is 116 cm³/mol. The molecule has 7 heteroatoms. The van der Waals surface area contributed by atoms with Gasteiger partial charge in [0.25, 0.3) is 5.91 Å². The Morgan fingerprint density at radius 1 is 1.13 bits per heavy atom. The first-order chi connectivity index (χ1) is 14.9. The van der Waals surface area contributed by atoms with Gasteiger partial charge < -0.3 is 15.0 Å². The molecule has 4 rings (SSSR count). The summed E-state index contributed by atoms with van der Waals surface area (Å²) in [6, 6.07) is 12.9. The molecule has 164 valence electrons. The summed E-state index contributed by atoms with van der Waals surface area (Å²) in [6.07, 6.45) is 0.947. The minimum Gasteiger partial charge on any atom is -0.380 e. The number of carbonyl (C=O) groups excluding carboxylic acids is 2. The maximum Gasteiger partial charge on any atom is 0.327 e. The lowest BCUT2D eigenvalue weighted by atomic mass is 10.0. The van der Waals surface area contributed by atoms with Crippen LogP contribution in [0.25, 0.3) is 11.1 Å². The van der Waals surface area contributed by atoms with Crippen molar-refractivity contribution in [1.82, 2.24) is 15.1 Å². The summed E-state index contributed by atoms with van der Waals surface area (Å²) in [7, 11) is 0. The Morgan fingerprint density at radius 3 is 2.52 bits per heavy atom. The molecule has 2 aromatic carbocycles. The zero-order chi connectivity index (χ0) is 22.0. The largest absolute Gasteiger partial charge is 0.380 e. The van der Waals surface area contributed by atoms with E-state index < -0.39 is 0 Å². The number of urea groups is 1. The SMILES string of the molecule is CC(C)N1C(=O)CN(Cc2ccc(-c3ccc(F)c(CNC4CCOC4)c3)cc2)C1=O. The number of amides is 3. The molecule has 2 aliphatic rings. The van der Waals surface area contributed by atoms with E-state index in [2.05, 4.69) is 5.32 Å². The van der Waals surface area contributed by atoms with Gasteiger partial charge in [-0.25, -0.2) is 9.18 Å². The summed E-state index contributed by atoms with van der Waals surface area (Å²) in [6.45, 7) is 6.05. The van der Waals surface area contributed by atoms with Crippen molar-refractivity contribution in [3.05, 3.63) is 59.4 Å². The average Bonchev–Trinajstić information content (AvgIpc) is 3.36. The normalized spacial score (nSPS) is 19.2. The number of halogens is 1. The van der Waals surface area contributed by atoms with Crippen molar-refractivity contribution in [2.24, 2.45) is 0 Å². The van der Waals surface area contributed by atoms with Crippen molar-refractivity contribution >= 4 is 11.9 Å². The topological polar surface area (TPSA) is 61.9 Å². The summed E-state index contributed by atoms with van der Waals surface area (Å²) in [5.41, 5.74) is 3.48. The molecule has 2 aliphatic heterocycles. The first-order valence-electron chi connectivity index (χ1n) is 10.7. The third kappa shape index (κ3) is 4.78. The minimum atomic E-state index is -0.243. The smallest absolute Gasteiger partial charge is 0.327 e. The Balaban J connectivity index is 1.43. The number of imide groups is 1. The average molecular weight is 426 g/mol. The van der Waals surface area contributed by atoms with Crippen LogP contribution in [0, 0.1) is 5.82 Å². The van der Waals surface area contributed by atoms with Crippen molar-refractivity contribution in [2.45, 2.75) is 45.4 Å². The second-order valence-corrected chi connectivity index (χ2v) is 8.44. The van der Waals surface area contributed by atoms with Crippen LogP contribution in [0.15, 0.2) is 42.5 Å². The molecule has 0 aromatic heterocycles.